The van der Waals surface area contributed by atoms with Crippen LogP contribution < -0.4 is 0 Å². The third-order valence-electron chi connectivity index (χ3n) is 3.42. The van der Waals surface area contributed by atoms with E-state index in [1.807, 2.05) is 6.92 Å². The molecule has 2 heterocycles. The van der Waals surface area contributed by atoms with Crippen LogP contribution in [0.4, 0.5) is 0 Å². The highest BCUT2D eigenvalue weighted by molar-refractivity contribution is 7.89. The van der Waals surface area contributed by atoms with E-state index < -0.39 is 10.0 Å². The van der Waals surface area contributed by atoms with Gasteiger partial charge < -0.3 is 9.52 Å². The Hall–Kier alpha value is -0.850. The highest BCUT2D eigenvalue weighted by Crippen LogP contribution is 2.28. The molecule has 5 nitrogen and oxygen atoms in total. The first kappa shape index (κ1) is 13.6. The summed E-state index contributed by atoms with van der Waals surface area (Å²) in [6.07, 6.45) is 1.92. The van der Waals surface area contributed by atoms with Gasteiger partial charge in [-0.1, -0.05) is 6.92 Å². The molecule has 1 fully saturated rings. The van der Waals surface area contributed by atoms with Gasteiger partial charge in [0.25, 0.3) is 10.0 Å². The quantitative estimate of drug-likeness (QED) is 0.907. The Morgan fingerprint density at radius 2 is 2.11 bits per heavy atom. The van der Waals surface area contributed by atoms with E-state index in [1.54, 1.807) is 0 Å². The number of rotatable bonds is 3. The Morgan fingerprint density at radius 3 is 2.72 bits per heavy atom. The molecule has 1 aromatic rings. The van der Waals surface area contributed by atoms with Gasteiger partial charge in [0.05, 0.1) is 0 Å². The van der Waals surface area contributed by atoms with Crippen LogP contribution in [-0.2, 0) is 16.6 Å². The summed E-state index contributed by atoms with van der Waals surface area (Å²) in [5, 5.41) is 8.84. The van der Waals surface area contributed by atoms with Crippen LogP contribution in [0.1, 0.15) is 32.4 Å². The van der Waals surface area contributed by atoms with Gasteiger partial charge in [-0.3, -0.25) is 0 Å². The first-order chi connectivity index (χ1) is 8.45. The summed E-state index contributed by atoms with van der Waals surface area (Å²) in [7, 11) is -3.58. The lowest BCUT2D eigenvalue weighted by Gasteiger charge is -2.34. The molecule has 0 saturated carbocycles. The van der Waals surface area contributed by atoms with Crippen molar-refractivity contribution in [3.63, 3.8) is 0 Å². The molecule has 0 bridgehead atoms. The fourth-order valence-corrected chi connectivity index (χ4v) is 3.99. The number of furan rings is 1. The monoisotopic (exact) mass is 273 g/mol. The average molecular weight is 273 g/mol. The highest BCUT2D eigenvalue weighted by Gasteiger charge is 2.35. The van der Waals surface area contributed by atoms with E-state index in [-0.39, 0.29) is 23.5 Å². The van der Waals surface area contributed by atoms with E-state index >= 15 is 0 Å². The van der Waals surface area contributed by atoms with E-state index in [0.717, 1.165) is 12.8 Å². The number of aliphatic hydroxyl groups is 1. The molecule has 1 aliphatic heterocycles. The summed E-state index contributed by atoms with van der Waals surface area (Å²) in [6.45, 7) is 4.20. The fraction of sp³-hybridized carbons (Fsp3) is 0.667. The van der Waals surface area contributed by atoms with Crippen molar-refractivity contribution in [1.29, 1.82) is 0 Å². The van der Waals surface area contributed by atoms with Gasteiger partial charge in [0, 0.05) is 12.6 Å². The standard InChI is InChI=1S/C12H19NO4S/c1-9-3-4-10(2)13(7-9)18(15,16)12-6-5-11(8-14)17-12/h5-6,9-10,14H,3-4,7-8H2,1-2H3. The molecule has 0 aromatic carbocycles. The van der Waals surface area contributed by atoms with Gasteiger partial charge in [0.1, 0.15) is 12.4 Å². The maximum atomic E-state index is 12.4. The van der Waals surface area contributed by atoms with Crippen LogP contribution in [0.3, 0.4) is 0 Å². The smallest absolute Gasteiger partial charge is 0.276 e. The topological polar surface area (TPSA) is 70.8 Å². The normalized spacial score (nSPS) is 26.4. The molecule has 0 aliphatic carbocycles. The zero-order valence-electron chi connectivity index (χ0n) is 10.7. The van der Waals surface area contributed by atoms with E-state index in [1.165, 1.54) is 16.4 Å². The zero-order valence-corrected chi connectivity index (χ0v) is 11.5. The van der Waals surface area contributed by atoms with Gasteiger partial charge in [0.15, 0.2) is 0 Å². The molecule has 102 valence electrons. The summed E-state index contributed by atoms with van der Waals surface area (Å²) < 4.78 is 31.5. The summed E-state index contributed by atoms with van der Waals surface area (Å²) in [4.78, 5) is 0. The zero-order chi connectivity index (χ0) is 13.3. The minimum atomic E-state index is -3.58. The molecule has 0 amide bonds. The number of aliphatic hydroxyl groups excluding tert-OH is 1. The van der Waals surface area contributed by atoms with Crippen LogP contribution in [-0.4, -0.2) is 30.4 Å². The van der Waals surface area contributed by atoms with Crippen molar-refractivity contribution in [2.24, 2.45) is 5.92 Å². The molecule has 2 rings (SSSR count). The maximum absolute atomic E-state index is 12.4. The molecule has 1 saturated heterocycles. The SMILES string of the molecule is CC1CCC(C)N(S(=O)(=O)c2ccc(CO)o2)C1. The third-order valence-corrected chi connectivity index (χ3v) is 5.27. The second-order valence-electron chi connectivity index (χ2n) is 4.99. The highest BCUT2D eigenvalue weighted by atomic mass is 32.2. The summed E-state index contributed by atoms with van der Waals surface area (Å²) in [5.74, 6) is 0.634. The lowest BCUT2D eigenvalue weighted by atomic mass is 9.97. The largest absolute Gasteiger partial charge is 0.446 e. The lowest BCUT2D eigenvalue weighted by molar-refractivity contribution is 0.208. The second kappa shape index (κ2) is 5.03. The van der Waals surface area contributed by atoms with Gasteiger partial charge in [-0.05, 0) is 37.8 Å². The van der Waals surface area contributed by atoms with Gasteiger partial charge in [0.2, 0.25) is 5.09 Å². The Morgan fingerprint density at radius 1 is 1.39 bits per heavy atom. The molecule has 18 heavy (non-hydrogen) atoms. The van der Waals surface area contributed by atoms with Crippen molar-refractivity contribution < 1.29 is 17.9 Å². The molecule has 2 atom stereocenters. The third kappa shape index (κ3) is 2.46. The molecule has 6 heteroatoms. The van der Waals surface area contributed by atoms with Gasteiger partial charge in [-0.15, -0.1) is 0 Å². The van der Waals surface area contributed by atoms with Gasteiger partial charge in [-0.25, -0.2) is 8.42 Å². The van der Waals surface area contributed by atoms with Crippen molar-refractivity contribution in [2.75, 3.05) is 6.54 Å². The number of sulfonamides is 1. The molecule has 1 N–H and O–H groups in total. The van der Waals surface area contributed by atoms with Crippen LogP contribution in [0.25, 0.3) is 0 Å². The maximum Gasteiger partial charge on any atom is 0.276 e. The Kier molecular flexibility index (Phi) is 3.79. The molecule has 2 unspecified atom stereocenters. The summed E-state index contributed by atoms with van der Waals surface area (Å²) in [5.41, 5.74) is 0. The van der Waals surface area contributed by atoms with Crippen LogP contribution in [0.5, 0.6) is 0 Å². The molecule has 0 radical (unpaired) electrons. The van der Waals surface area contributed by atoms with Crippen molar-refractivity contribution in [3.05, 3.63) is 17.9 Å². The predicted octanol–water partition coefficient (Wildman–Crippen LogP) is 1.58. The molecular weight excluding hydrogens is 254 g/mol. The van der Waals surface area contributed by atoms with Crippen molar-refractivity contribution in [3.8, 4) is 0 Å². The molecule has 1 aliphatic rings. The lowest BCUT2D eigenvalue weighted by Crippen LogP contribution is -2.44. The Labute approximate surface area is 107 Å². The van der Waals surface area contributed by atoms with Crippen LogP contribution in [0.15, 0.2) is 21.6 Å². The van der Waals surface area contributed by atoms with Gasteiger partial charge >= 0.3 is 0 Å². The first-order valence-electron chi connectivity index (χ1n) is 6.16. The van der Waals surface area contributed by atoms with E-state index in [4.69, 9.17) is 9.52 Å². The van der Waals surface area contributed by atoms with E-state index in [2.05, 4.69) is 6.92 Å². The van der Waals surface area contributed by atoms with Crippen molar-refractivity contribution in [2.45, 2.75) is 44.4 Å². The molecule has 1 aromatic heterocycles. The Balaban J connectivity index is 2.29. The van der Waals surface area contributed by atoms with Crippen LogP contribution >= 0.6 is 0 Å². The summed E-state index contributed by atoms with van der Waals surface area (Å²) in [6, 6.07) is 2.89. The van der Waals surface area contributed by atoms with E-state index in [0.29, 0.717) is 12.5 Å². The number of nitrogens with zero attached hydrogens (tertiary/aromatic N) is 1. The van der Waals surface area contributed by atoms with Crippen molar-refractivity contribution in [1.82, 2.24) is 4.31 Å². The molecular formula is C12H19NO4S. The fourth-order valence-electron chi connectivity index (χ4n) is 2.28. The van der Waals surface area contributed by atoms with Crippen LogP contribution in [0.2, 0.25) is 0 Å². The average Bonchev–Trinajstić information content (AvgIpc) is 2.81. The number of piperidine rings is 1. The predicted molar refractivity (Wildman–Crippen MR) is 66.4 cm³/mol. The summed E-state index contributed by atoms with van der Waals surface area (Å²) >= 11 is 0. The minimum Gasteiger partial charge on any atom is -0.446 e. The number of hydrogen-bond acceptors (Lipinski definition) is 4. The minimum absolute atomic E-state index is 0.00567. The van der Waals surface area contributed by atoms with E-state index in [9.17, 15) is 8.42 Å². The van der Waals surface area contributed by atoms with Gasteiger partial charge in [-0.2, -0.15) is 4.31 Å². The van der Waals surface area contributed by atoms with Crippen molar-refractivity contribution >= 4 is 10.0 Å². The Bertz CT molecular complexity index is 508. The van der Waals surface area contributed by atoms with Crippen LogP contribution in [0, 0.1) is 5.92 Å². The number of hydrogen-bond donors (Lipinski definition) is 1. The molecule has 0 spiro atoms. The second-order valence-corrected chi connectivity index (χ2v) is 6.81. The first-order valence-corrected chi connectivity index (χ1v) is 7.60.